The zero-order chi connectivity index (χ0) is 13.8. The summed E-state index contributed by atoms with van der Waals surface area (Å²) in [6, 6.07) is 14.9. The van der Waals surface area contributed by atoms with Gasteiger partial charge in [0.1, 0.15) is 5.84 Å². The first-order chi connectivity index (χ1) is 9.06. The lowest BCUT2D eigenvalue weighted by molar-refractivity contribution is 1.48. The van der Waals surface area contributed by atoms with E-state index in [9.17, 15) is 0 Å². The standard InChI is InChI=1S/C15H12BrClN2/c1-10(11-2-4-12(16)5-3-11)15(18)19-14-8-6-13(17)7-9-14/h2-9H,1H2,(H2,18,19). The summed E-state index contributed by atoms with van der Waals surface area (Å²) in [6.45, 7) is 3.97. The van der Waals surface area contributed by atoms with Gasteiger partial charge in [-0.05, 0) is 42.0 Å². The molecule has 0 aromatic heterocycles. The van der Waals surface area contributed by atoms with Gasteiger partial charge in [0.15, 0.2) is 0 Å². The van der Waals surface area contributed by atoms with Crippen LogP contribution in [0.2, 0.25) is 5.02 Å². The third kappa shape index (κ3) is 3.69. The van der Waals surface area contributed by atoms with Gasteiger partial charge in [0.25, 0.3) is 0 Å². The van der Waals surface area contributed by atoms with E-state index in [4.69, 9.17) is 17.3 Å². The minimum absolute atomic E-state index is 0.393. The molecule has 19 heavy (non-hydrogen) atoms. The quantitative estimate of drug-likeness (QED) is 0.635. The second kappa shape index (κ2) is 6.04. The molecular formula is C15H12BrClN2. The molecule has 0 atom stereocenters. The van der Waals surface area contributed by atoms with Crippen LogP contribution in [-0.4, -0.2) is 5.84 Å². The lowest BCUT2D eigenvalue weighted by Crippen LogP contribution is -2.12. The van der Waals surface area contributed by atoms with Crippen molar-refractivity contribution in [2.24, 2.45) is 10.7 Å². The summed E-state index contributed by atoms with van der Waals surface area (Å²) < 4.78 is 1.01. The van der Waals surface area contributed by atoms with E-state index in [1.54, 1.807) is 12.1 Å². The van der Waals surface area contributed by atoms with Gasteiger partial charge in [0.2, 0.25) is 0 Å². The Kier molecular flexibility index (Phi) is 4.40. The van der Waals surface area contributed by atoms with Crippen LogP contribution in [0, 0.1) is 0 Å². The number of aliphatic imine (C=N–C) groups is 1. The molecule has 0 saturated carbocycles. The monoisotopic (exact) mass is 334 g/mol. The Hall–Kier alpha value is -1.58. The maximum atomic E-state index is 5.96. The highest BCUT2D eigenvalue weighted by atomic mass is 79.9. The summed E-state index contributed by atoms with van der Waals surface area (Å²) in [5.41, 5.74) is 8.35. The molecule has 4 heteroatoms. The summed E-state index contributed by atoms with van der Waals surface area (Å²) in [7, 11) is 0. The lowest BCUT2D eigenvalue weighted by Gasteiger charge is -2.06. The average Bonchev–Trinajstić information content (AvgIpc) is 2.41. The van der Waals surface area contributed by atoms with Gasteiger partial charge < -0.3 is 5.73 Å². The molecule has 0 heterocycles. The first kappa shape index (κ1) is 13.8. The molecule has 0 radical (unpaired) electrons. The van der Waals surface area contributed by atoms with E-state index >= 15 is 0 Å². The Bertz CT molecular complexity index is 616. The van der Waals surface area contributed by atoms with Gasteiger partial charge in [-0.1, -0.05) is 46.2 Å². The van der Waals surface area contributed by atoms with Crippen LogP contribution >= 0.6 is 27.5 Å². The largest absolute Gasteiger partial charge is 0.383 e. The van der Waals surface area contributed by atoms with E-state index in [-0.39, 0.29) is 0 Å². The molecular weight excluding hydrogens is 324 g/mol. The summed E-state index contributed by atoms with van der Waals surface area (Å²) in [4.78, 5) is 4.32. The minimum Gasteiger partial charge on any atom is -0.383 e. The molecule has 2 nitrogen and oxygen atoms in total. The van der Waals surface area contributed by atoms with Crippen LogP contribution in [0.5, 0.6) is 0 Å². The Morgan fingerprint density at radius 2 is 1.63 bits per heavy atom. The van der Waals surface area contributed by atoms with E-state index in [0.29, 0.717) is 16.4 Å². The molecule has 0 aliphatic heterocycles. The van der Waals surface area contributed by atoms with Gasteiger partial charge in [0, 0.05) is 15.1 Å². The average molecular weight is 336 g/mol. The van der Waals surface area contributed by atoms with Crippen molar-refractivity contribution < 1.29 is 0 Å². The molecule has 0 amide bonds. The number of benzene rings is 2. The van der Waals surface area contributed by atoms with Gasteiger partial charge in [0.05, 0.1) is 5.69 Å². The number of hydrogen-bond donors (Lipinski definition) is 1. The molecule has 2 rings (SSSR count). The van der Waals surface area contributed by atoms with E-state index in [1.807, 2.05) is 36.4 Å². The molecule has 2 aromatic carbocycles. The number of rotatable bonds is 3. The Morgan fingerprint density at radius 3 is 2.21 bits per heavy atom. The van der Waals surface area contributed by atoms with Crippen LogP contribution in [0.25, 0.3) is 5.57 Å². The van der Waals surface area contributed by atoms with Gasteiger partial charge in [-0.2, -0.15) is 0 Å². The predicted molar refractivity (Wildman–Crippen MR) is 85.9 cm³/mol. The number of nitrogens with two attached hydrogens (primary N) is 1. The van der Waals surface area contributed by atoms with Crippen molar-refractivity contribution in [2.45, 2.75) is 0 Å². The summed E-state index contributed by atoms with van der Waals surface area (Å²) in [6.07, 6.45) is 0. The molecule has 96 valence electrons. The van der Waals surface area contributed by atoms with E-state index in [0.717, 1.165) is 15.7 Å². The minimum atomic E-state index is 0.393. The molecule has 0 unspecified atom stereocenters. The topological polar surface area (TPSA) is 38.4 Å². The number of nitrogens with zero attached hydrogens (tertiary/aromatic N) is 1. The van der Waals surface area contributed by atoms with Crippen molar-refractivity contribution in [3.8, 4) is 0 Å². The SMILES string of the molecule is C=C(C(N)=Nc1ccc(Cl)cc1)c1ccc(Br)cc1. The molecule has 2 N–H and O–H groups in total. The third-order valence-electron chi connectivity index (χ3n) is 2.58. The maximum absolute atomic E-state index is 5.96. The molecule has 0 aliphatic rings. The number of amidine groups is 1. The molecule has 0 saturated heterocycles. The van der Waals surface area contributed by atoms with Crippen molar-refractivity contribution in [3.05, 3.63) is 70.2 Å². The second-order valence-electron chi connectivity index (χ2n) is 3.96. The Morgan fingerprint density at radius 1 is 1.05 bits per heavy atom. The fourth-order valence-corrected chi connectivity index (χ4v) is 1.91. The zero-order valence-electron chi connectivity index (χ0n) is 10.1. The lowest BCUT2D eigenvalue weighted by atomic mass is 10.1. The Labute approximate surface area is 125 Å². The summed E-state index contributed by atoms with van der Waals surface area (Å²) in [5.74, 6) is 0.393. The predicted octanol–water partition coefficient (Wildman–Crippen LogP) is 4.80. The third-order valence-corrected chi connectivity index (χ3v) is 3.36. The zero-order valence-corrected chi connectivity index (χ0v) is 12.4. The first-order valence-corrected chi connectivity index (χ1v) is 6.78. The van der Waals surface area contributed by atoms with Crippen LogP contribution < -0.4 is 5.73 Å². The van der Waals surface area contributed by atoms with E-state index < -0.39 is 0 Å². The Balaban J connectivity index is 2.23. The summed E-state index contributed by atoms with van der Waals surface area (Å²) >= 11 is 9.21. The molecule has 0 bridgehead atoms. The van der Waals surface area contributed by atoms with Crippen LogP contribution in [0.4, 0.5) is 5.69 Å². The van der Waals surface area contributed by atoms with Crippen molar-refractivity contribution in [1.29, 1.82) is 0 Å². The molecule has 2 aromatic rings. The van der Waals surface area contributed by atoms with Crippen LogP contribution in [0.15, 0.2) is 64.6 Å². The highest BCUT2D eigenvalue weighted by molar-refractivity contribution is 9.10. The van der Waals surface area contributed by atoms with Crippen molar-refractivity contribution in [2.75, 3.05) is 0 Å². The van der Waals surface area contributed by atoms with Crippen LogP contribution in [0.3, 0.4) is 0 Å². The fourth-order valence-electron chi connectivity index (χ4n) is 1.52. The highest BCUT2D eigenvalue weighted by Crippen LogP contribution is 2.20. The van der Waals surface area contributed by atoms with Crippen LogP contribution in [0.1, 0.15) is 5.56 Å². The number of halogens is 2. The molecule has 0 aliphatic carbocycles. The smallest absolute Gasteiger partial charge is 0.131 e. The maximum Gasteiger partial charge on any atom is 0.131 e. The molecule has 0 fully saturated rings. The van der Waals surface area contributed by atoms with Gasteiger partial charge in [-0.3, -0.25) is 0 Å². The fraction of sp³-hybridized carbons (Fsp3) is 0. The number of hydrogen-bond acceptors (Lipinski definition) is 1. The van der Waals surface area contributed by atoms with Crippen LogP contribution in [-0.2, 0) is 0 Å². The van der Waals surface area contributed by atoms with Crippen molar-refractivity contribution >= 4 is 44.6 Å². The molecule has 0 spiro atoms. The summed E-state index contributed by atoms with van der Waals surface area (Å²) in [5, 5.41) is 0.671. The second-order valence-corrected chi connectivity index (χ2v) is 5.31. The van der Waals surface area contributed by atoms with Gasteiger partial charge in [-0.25, -0.2) is 4.99 Å². The highest BCUT2D eigenvalue weighted by Gasteiger charge is 2.03. The van der Waals surface area contributed by atoms with Crippen molar-refractivity contribution in [1.82, 2.24) is 0 Å². The van der Waals surface area contributed by atoms with Gasteiger partial charge in [-0.15, -0.1) is 0 Å². The van der Waals surface area contributed by atoms with E-state index in [1.165, 1.54) is 0 Å². The first-order valence-electron chi connectivity index (χ1n) is 5.61. The van der Waals surface area contributed by atoms with E-state index in [2.05, 4.69) is 27.5 Å². The normalized spacial score (nSPS) is 11.4. The van der Waals surface area contributed by atoms with Crippen molar-refractivity contribution in [3.63, 3.8) is 0 Å². The van der Waals surface area contributed by atoms with Gasteiger partial charge >= 0.3 is 0 Å².